The second kappa shape index (κ2) is 6.89. The molecule has 0 saturated carbocycles. The Labute approximate surface area is 150 Å². The molecule has 0 aliphatic heterocycles. The summed E-state index contributed by atoms with van der Waals surface area (Å²) in [6.45, 7) is 16.6. The van der Waals surface area contributed by atoms with E-state index in [1.165, 1.54) is 33.3 Å². The smallest absolute Gasteiger partial charge is 0.192 e. The molecule has 0 radical (unpaired) electrons. The number of benzene rings is 2. The molecule has 0 bridgehead atoms. The molecule has 0 N–H and O–H groups in total. The van der Waals surface area contributed by atoms with Crippen LogP contribution in [0.3, 0.4) is 0 Å². The number of rotatable bonds is 4. The summed E-state index contributed by atoms with van der Waals surface area (Å²) >= 11 is 0. The van der Waals surface area contributed by atoms with E-state index in [0.29, 0.717) is 0 Å². The summed E-state index contributed by atoms with van der Waals surface area (Å²) in [5.41, 5.74) is 7.87. The monoisotopic (exact) mass is 338 g/mol. The molecular weight excluding hydrogens is 307 g/mol. The van der Waals surface area contributed by atoms with Gasteiger partial charge in [-0.25, -0.2) is 0 Å². The molecule has 3 heteroatoms. The normalized spacial score (nSPS) is 12.5. The summed E-state index contributed by atoms with van der Waals surface area (Å²) in [5, 5.41) is 0.250. The van der Waals surface area contributed by atoms with E-state index in [4.69, 9.17) is 4.43 Å². The minimum atomic E-state index is -1.70. The molecule has 0 spiro atoms. The molecule has 128 valence electrons. The quantitative estimate of drug-likeness (QED) is 0.731. The lowest BCUT2D eigenvalue weighted by molar-refractivity contribution is 0.275. The van der Waals surface area contributed by atoms with Gasteiger partial charge >= 0.3 is 0 Å². The molecule has 0 amide bonds. The van der Waals surface area contributed by atoms with Gasteiger partial charge in [0.25, 0.3) is 0 Å². The van der Waals surface area contributed by atoms with E-state index in [0.717, 1.165) is 6.61 Å². The lowest BCUT2D eigenvalue weighted by Crippen LogP contribution is -2.40. The van der Waals surface area contributed by atoms with Gasteiger partial charge in [0, 0.05) is 0 Å². The van der Waals surface area contributed by atoms with Crippen molar-refractivity contribution in [2.45, 2.75) is 59.4 Å². The zero-order valence-electron chi connectivity index (χ0n) is 16.6. The second-order valence-electron chi connectivity index (χ2n) is 8.51. The summed E-state index contributed by atoms with van der Waals surface area (Å²) in [6, 6.07) is 13.4. The zero-order valence-corrected chi connectivity index (χ0v) is 17.6. The second-order valence-corrected chi connectivity index (χ2v) is 13.3. The van der Waals surface area contributed by atoms with Crippen LogP contribution in [0.15, 0.2) is 36.4 Å². The summed E-state index contributed by atoms with van der Waals surface area (Å²) in [5.74, 6) is 0. The molecule has 0 aliphatic rings. The molecule has 2 rings (SSSR count). The fraction of sp³-hybridized carbons (Fsp3) is 0.429. The minimum absolute atomic E-state index is 0.250. The fourth-order valence-electron chi connectivity index (χ4n) is 2.64. The highest BCUT2D eigenvalue weighted by atomic mass is 28.4. The molecule has 0 aromatic heterocycles. The molecule has 24 heavy (non-hydrogen) atoms. The van der Waals surface area contributed by atoms with Crippen LogP contribution in [0.1, 0.15) is 37.5 Å². The lowest BCUT2D eigenvalue weighted by atomic mass is 9.89. The van der Waals surface area contributed by atoms with Crippen LogP contribution in [0.4, 0.5) is 0 Å². The Bertz CT molecular complexity index is 729. The predicted octanol–water partition coefficient (Wildman–Crippen LogP) is 4.75. The molecule has 0 fully saturated rings. The first-order chi connectivity index (χ1) is 11.0. The van der Waals surface area contributed by atoms with E-state index in [9.17, 15) is 0 Å². The van der Waals surface area contributed by atoms with Crippen molar-refractivity contribution in [3.63, 3.8) is 0 Å². The Morgan fingerprint density at radius 3 is 2.17 bits per heavy atom. The summed E-state index contributed by atoms with van der Waals surface area (Å²) in [7, 11) is 0.439. The van der Waals surface area contributed by atoms with Crippen LogP contribution < -0.4 is 5.46 Å². The van der Waals surface area contributed by atoms with Gasteiger partial charge < -0.3 is 4.43 Å². The molecule has 0 aliphatic carbocycles. The van der Waals surface area contributed by atoms with Crippen molar-refractivity contribution < 1.29 is 4.43 Å². The third-order valence-electron chi connectivity index (χ3n) is 5.43. The van der Waals surface area contributed by atoms with Crippen LogP contribution in [0.5, 0.6) is 0 Å². The Morgan fingerprint density at radius 2 is 1.62 bits per heavy atom. The number of hydrogen-bond donors (Lipinski definition) is 0. The van der Waals surface area contributed by atoms with Crippen molar-refractivity contribution in [1.29, 1.82) is 0 Å². The van der Waals surface area contributed by atoms with Gasteiger partial charge in [0.05, 0.1) is 6.61 Å². The van der Waals surface area contributed by atoms with Crippen LogP contribution in [-0.4, -0.2) is 16.2 Å². The first kappa shape index (κ1) is 19.0. The standard InChI is InChI=1S/C21H31BOSi/c1-15-12-17(20-11-10-19(22)13-16(20)2)8-9-18(15)14-23-24(6,7)21(3,4)5/h8-13H,14,22H2,1-7H3. The lowest BCUT2D eigenvalue weighted by Gasteiger charge is -2.36. The van der Waals surface area contributed by atoms with Gasteiger partial charge in [0.1, 0.15) is 7.85 Å². The Kier molecular flexibility index (Phi) is 5.46. The van der Waals surface area contributed by atoms with Gasteiger partial charge in [-0.3, -0.25) is 0 Å². The molecule has 2 aromatic carbocycles. The van der Waals surface area contributed by atoms with Crippen molar-refractivity contribution in [2.24, 2.45) is 0 Å². The molecule has 2 aromatic rings. The topological polar surface area (TPSA) is 9.23 Å². The first-order valence-electron chi connectivity index (χ1n) is 8.82. The fourth-order valence-corrected chi connectivity index (χ4v) is 3.59. The molecule has 0 unspecified atom stereocenters. The Hall–Kier alpha value is -1.32. The summed E-state index contributed by atoms with van der Waals surface area (Å²) < 4.78 is 6.38. The van der Waals surface area contributed by atoms with E-state index in [1.807, 2.05) is 0 Å². The van der Waals surface area contributed by atoms with Gasteiger partial charge in [-0.15, -0.1) is 0 Å². The van der Waals surface area contributed by atoms with Crippen molar-refractivity contribution >= 4 is 21.6 Å². The van der Waals surface area contributed by atoms with E-state index in [2.05, 4.69) is 92.0 Å². The number of aryl methyl sites for hydroxylation is 2. The highest BCUT2D eigenvalue weighted by molar-refractivity contribution is 6.74. The summed E-state index contributed by atoms with van der Waals surface area (Å²) in [6.07, 6.45) is 0. The van der Waals surface area contributed by atoms with Gasteiger partial charge in [0.2, 0.25) is 0 Å². The van der Waals surface area contributed by atoms with Gasteiger partial charge in [-0.05, 0) is 59.8 Å². The largest absolute Gasteiger partial charge is 0.413 e. The maximum atomic E-state index is 6.38. The predicted molar refractivity (Wildman–Crippen MR) is 112 cm³/mol. The van der Waals surface area contributed by atoms with E-state index in [1.54, 1.807) is 0 Å². The van der Waals surface area contributed by atoms with Crippen molar-refractivity contribution in [3.05, 3.63) is 53.1 Å². The first-order valence-corrected chi connectivity index (χ1v) is 11.7. The van der Waals surface area contributed by atoms with Crippen LogP contribution in [0, 0.1) is 13.8 Å². The van der Waals surface area contributed by atoms with Crippen LogP contribution in [0.25, 0.3) is 11.1 Å². The molecule has 1 nitrogen and oxygen atoms in total. The van der Waals surface area contributed by atoms with Crippen LogP contribution >= 0.6 is 0 Å². The van der Waals surface area contributed by atoms with Gasteiger partial charge in [-0.1, -0.05) is 62.6 Å². The maximum absolute atomic E-state index is 6.38. The number of hydrogen-bond acceptors (Lipinski definition) is 1. The Morgan fingerprint density at radius 1 is 0.958 bits per heavy atom. The van der Waals surface area contributed by atoms with Crippen molar-refractivity contribution in [3.8, 4) is 11.1 Å². The maximum Gasteiger partial charge on any atom is 0.192 e. The average molecular weight is 338 g/mol. The van der Waals surface area contributed by atoms with E-state index < -0.39 is 8.32 Å². The molecule has 0 heterocycles. The van der Waals surface area contributed by atoms with Gasteiger partial charge in [0.15, 0.2) is 8.32 Å². The van der Waals surface area contributed by atoms with Crippen molar-refractivity contribution in [1.82, 2.24) is 0 Å². The van der Waals surface area contributed by atoms with E-state index in [-0.39, 0.29) is 5.04 Å². The third kappa shape index (κ3) is 4.20. The van der Waals surface area contributed by atoms with Gasteiger partial charge in [-0.2, -0.15) is 0 Å². The average Bonchev–Trinajstić information content (AvgIpc) is 2.44. The zero-order chi connectivity index (χ0) is 18.1. The highest BCUT2D eigenvalue weighted by Gasteiger charge is 2.37. The summed E-state index contributed by atoms with van der Waals surface area (Å²) in [4.78, 5) is 0. The van der Waals surface area contributed by atoms with E-state index >= 15 is 0 Å². The third-order valence-corrected chi connectivity index (χ3v) is 9.91. The molecular formula is C21H31BOSi. The molecule has 0 atom stereocenters. The minimum Gasteiger partial charge on any atom is -0.413 e. The Balaban J connectivity index is 2.21. The van der Waals surface area contributed by atoms with Crippen molar-refractivity contribution in [2.75, 3.05) is 0 Å². The van der Waals surface area contributed by atoms with Crippen LogP contribution in [-0.2, 0) is 11.0 Å². The van der Waals surface area contributed by atoms with Crippen LogP contribution in [0.2, 0.25) is 18.1 Å². The molecule has 0 saturated heterocycles. The highest BCUT2D eigenvalue weighted by Crippen LogP contribution is 2.37. The SMILES string of the molecule is Bc1ccc(-c2ccc(CO[Si](C)(C)C(C)(C)C)c(C)c2)c(C)c1.